The van der Waals surface area contributed by atoms with Crippen LogP contribution in [0.4, 0.5) is 5.82 Å². The van der Waals surface area contributed by atoms with Gasteiger partial charge in [-0.05, 0) is 19.4 Å². The lowest BCUT2D eigenvalue weighted by atomic mass is 10.4. The number of aromatic nitrogens is 6. The Morgan fingerprint density at radius 3 is 3.00 bits per heavy atom. The Kier molecular flexibility index (Phi) is 3.09. The first-order valence-electron chi connectivity index (χ1n) is 6.22. The van der Waals surface area contributed by atoms with Crippen LogP contribution < -0.4 is 5.32 Å². The maximum atomic E-state index is 4.30. The largest absolute Gasteiger partial charge is 0.367 e. The van der Waals surface area contributed by atoms with E-state index in [2.05, 4.69) is 25.6 Å². The standard InChI is InChI=1S/C12H15N7/c1-10-16-17-12-11(14-6-9-19(10)12)13-4-2-7-18-8-3-5-15-18/h3,5-6,8-9H,2,4,7H2,1H3,(H,13,14). The monoisotopic (exact) mass is 257 g/mol. The second-order valence-corrected chi connectivity index (χ2v) is 4.27. The van der Waals surface area contributed by atoms with E-state index in [4.69, 9.17) is 0 Å². The first kappa shape index (κ1) is 11.6. The quantitative estimate of drug-likeness (QED) is 0.694. The van der Waals surface area contributed by atoms with Crippen LogP contribution in [0.2, 0.25) is 0 Å². The zero-order valence-electron chi connectivity index (χ0n) is 10.7. The Morgan fingerprint density at radius 1 is 1.21 bits per heavy atom. The minimum Gasteiger partial charge on any atom is -0.367 e. The van der Waals surface area contributed by atoms with Crippen molar-refractivity contribution in [3.8, 4) is 0 Å². The normalized spacial score (nSPS) is 11.0. The van der Waals surface area contributed by atoms with Crippen molar-refractivity contribution in [2.24, 2.45) is 0 Å². The fraction of sp³-hybridized carbons (Fsp3) is 0.333. The lowest BCUT2D eigenvalue weighted by Crippen LogP contribution is -2.09. The number of anilines is 1. The Morgan fingerprint density at radius 2 is 2.16 bits per heavy atom. The van der Waals surface area contributed by atoms with Crippen LogP contribution in [-0.4, -0.2) is 35.9 Å². The van der Waals surface area contributed by atoms with Crippen molar-refractivity contribution >= 4 is 11.5 Å². The highest BCUT2D eigenvalue weighted by Crippen LogP contribution is 2.11. The molecule has 0 radical (unpaired) electrons. The highest BCUT2D eigenvalue weighted by Gasteiger charge is 2.06. The van der Waals surface area contributed by atoms with Gasteiger partial charge in [0.05, 0.1) is 0 Å². The van der Waals surface area contributed by atoms with Crippen LogP contribution >= 0.6 is 0 Å². The van der Waals surface area contributed by atoms with Gasteiger partial charge < -0.3 is 5.32 Å². The topological polar surface area (TPSA) is 72.9 Å². The molecule has 0 bridgehead atoms. The zero-order chi connectivity index (χ0) is 13.1. The van der Waals surface area contributed by atoms with Crippen molar-refractivity contribution in [1.82, 2.24) is 29.4 Å². The summed E-state index contributed by atoms with van der Waals surface area (Å²) in [6, 6.07) is 1.93. The van der Waals surface area contributed by atoms with Gasteiger partial charge in [-0.25, -0.2) is 4.98 Å². The number of hydrogen-bond acceptors (Lipinski definition) is 5. The molecule has 19 heavy (non-hydrogen) atoms. The van der Waals surface area contributed by atoms with Gasteiger partial charge in [-0.3, -0.25) is 9.08 Å². The van der Waals surface area contributed by atoms with Crippen molar-refractivity contribution in [2.75, 3.05) is 11.9 Å². The van der Waals surface area contributed by atoms with Crippen LogP contribution in [0.3, 0.4) is 0 Å². The lowest BCUT2D eigenvalue weighted by Gasteiger charge is -2.06. The number of rotatable bonds is 5. The summed E-state index contributed by atoms with van der Waals surface area (Å²) in [5, 5.41) is 15.6. The van der Waals surface area contributed by atoms with Crippen molar-refractivity contribution in [1.29, 1.82) is 0 Å². The average molecular weight is 257 g/mol. The predicted octanol–water partition coefficient (Wildman–Crippen LogP) is 1.13. The van der Waals surface area contributed by atoms with Gasteiger partial charge in [0.1, 0.15) is 5.82 Å². The van der Waals surface area contributed by atoms with E-state index >= 15 is 0 Å². The average Bonchev–Trinajstić information content (AvgIpc) is 3.06. The highest BCUT2D eigenvalue weighted by atomic mass is 15.3. The fourth-order valence-electron chi connectivity index (χ4n) is 1.95. The molecule has 0 amide bonds. The minimum atomic E-state index is 0.763. The van der Waals surface area contributed by atoms with E-state index in [1.165, 1.54) is 0 Å². The van der Waals surface area contributed by atoms with Crippen LogP contribution in [0.15, 0.2) is 30.9 Å². The molecule has 0 aromatic carbocycles. The van der Waals surface area contributed by atoms with E-state index in [-0.39, 0.29) is 0 Å². The molecule has 0 saturated heterocycles. The third kappa shape index (κ3) is 2.40. The summed E-state index contributed by atoms with van der Waals surface area (Å²) in [5.41, 5.74) is 0.763. The molecule has 3 heterocycles. The number of hydrogen-bond donors (Lipinski definition) is 1. The van der Waals surface area contributed by atoms with E-state index in [1.54, 1.807) is 12.4 Å². The molecule has 0 spiro atoms. The second kappa shape index (κ2) is 5.05. The summed E-state index contributed by atoms with van der Waals surface area (Å²) >= 11 is 0. The smallest absolute Gasteiger partial charge is 0.203 e. The molecule has 7 nitrogen and oxygen atoms in total. The number of aryl methyl sites for hydroxylation is 2. The molecule has 0 atom stereocenters. The van der Waals surface area contributed by atoms with Crippen molar-refractivity contribution in [3.05, 3.63) is 36.7 Å². The highest BCUT2D eigenvalue weighted by molar-refractivity contribution is 5.61. The van der Waals surface area contributed by atoms with Gasteiger partial charge in [-0.2, -0.15) is 5.10 Å². The van der Waals surface area contributed by atoms with Gasteiger partial charge >= 0.3 is 0 Å². The maximum Gasteiger partial charge on any atom is 0.203 e. The summed E-state index contributed by atoms with van der Waals surface area (Å²) in [6.07, 6.45) is 8.33. The summed E-state index contributed by atoms with van der Waals surface area (Å²) in [4.78, 5) is 4.30. The Bertz CT molecular complexity index is 656. The van der Waals surface area contributed by atoms with Gasteiger partial charge in [0.15, 0.2) is 5.82 Å². The van der Waals surface area contributed by atoms with Gasteiger partial charge in [0.25, 0.3) is 0 Å². The number of fused-ring (bicyclic) bond motifs is 1. The molecule has 3 aromatic heterocycles. The van der Waals surface area contributed by atoms with Gasteiger partial charge in [0, 0.05) is 37.9 Å². The molecular formula is C12H15N7. The summed E-state index contributed by atoms with van der Waals surface area (Å²) < 4.78 is 3.83. The fourth-order valence-corrected chi connectivity index (χ4v) is 1.95. The van der Waals surface area contributed by atoms with Crippen LogP contribution in [0.1, 0.15) is 12.2 Å². The molecule has 0 unspecified atom stereocenters. The van der Waals surface area contributed by atoms with Crippen LogP contribution in [0.5, 0.6) is 0 Å². The van der Waals surface area contributed by atoms with Gasteiger partial charge in [-0.1, -0.05) is 0 Å². The third-order valence-electron chi connectivity index (χ3n) is 2.91. The Balaban J connectivity index is 1.62. The third-order valence-corrected chi connectivity index (χ3v) is 2.91. The molecule has 0 saturated carbocycles. The number of nitrogens with one attached hydrogen (secondary N) is 1. The molecule has 7 heteroatoms. The molecule has 0 aliphatic rings. The maximum absolute atomic E-state index is 4.30. The molecule has 0 aliphatic heterocycles. The summed E-state index contributed by atoms with van der Waals surface area (Å²) in [7, 11) is 0. The first-order valence-corrected chi connectivity index (χ1v) is 6.22. The molecular weight excluding hydrogens is 242 g/mol. The molecule has 98 valence electrons. The van der Waals surface area contributed by atoms with E-state index in [0.717, 1.165) is 36.8 Å². The van der Waals surface area contributed by atoms with Crippen molar-refractivity contribution < 1.29 is 0 Å². The predicted molar refractivity (Wildman–Crippen MR) is 70.9 cm³/mol. The minimum absolute atomic E-state index is 0.763. The van der Waals surface area contributed by atoms with Crippen molar-refractivity contribution in [3.63, 3.8) is 0 Å². The summed E-state index contributed by atoms with van der Waals surface area (Å²) in [5.74, 6) is 1.63. The Labute approximate surface area is 110 Å². The summed E-state index contributed by atoms with van der Waals surface area (Å²) in [6.45, 7) is 3.62. The SMILES string of the molecule is Cc1nnc2c(NCCCn3cccn3)nccn12. The number of nitrogens with zero attached hydrogens (tertiary/aromatic N) is 6. The van der Waals surface area contributed by atoms with Gasteiger partial charge in [0.2, 0.25) is 5.65 Å². The molecule has 0 fully saturated rings. The van der Waals surface area contributed by atoms with E-state index in [0.29, 0.717) is 0 Å². The van der Waals surface area contributed by atoms with Gasteiger partial charge in [-0.15, -0.1) is 10.2 Å². The molecule has 1 N–H and O–H groups in total. The zero-order valence-corrected chi connectivity index (χ0v) is 10.7. The van der Waals surface area contributed by atoms with Crippen LogP contribution in [0, 0.1) is 6.92 Å². The van der Waals surface area contributed by atoms with E-state index in [9.17, 15) is 0 Å². The van der Waals surface area contributed by atoms with E-state index in [1.807, 2.05) is 34.5 Å². The van der Waals surface area contributed by atoms with Crippen molar-refractivity contribution in [2.45, 2.75) is 19.9 Å². The molecule has 3 aromatic rings. The Hall–Kier alpha value is -2.44. The first-order chi connectivity index (χ1) is 9.34. The van der Waals surface area contributed by atoms with E-state index < -0.39 is 0 Å². The molecule has 0 aliphatic carbocycles. The lowest BCUT2D eigenvalue weighted by molar-refractivity contribution is 0.591. The second-order valence-electron chi connectivity index (χ2n) is 4.27. The molecule has 3 rings (SSSR count). The van der Waals surface area contributed by atoms with Crippen LogP contribution in [-0.2, 0) is 6.54 Å². The van der Waals surface area contributed by atoms with Crippen LogP contribution in [0.25, 0.3) is 5.65 Å².